The molecule has 0 amide bonds. The Kier molecular flexibility index (Phi) is 4.97. The molecule has 0 aliphatic rings. The van der Waals surface area contributed by atoms with E-state index < -0.39 is 0 Å². The number of halogens is 1. The van der Waals surface area contributed by atoms with Gasteiger partial charge >= 0.3 is 89.1 Å². The molecule has 0 unspecified atom stereocenters. The van der Waals surface area contributed by atoms with E-state index in [4.69, 9.17) is 0 Å². The smallest absolute Gasteiger partial charge is 1.00 e. The second kappa shape index (κ2) is 5.05. The van der Waals surface area contributed by atoms with Crippen LogP contribution in [0.25, 0.3) is 0 Å². The molecule has 0 heterocycles. The van der Waals surface area contributed by atoms with Crippen molar-refractivity contribution in [2.24, 2.45) is 5.41 Å². The molecule has 1 rings (SSSR count). The molecule has 0 saturated heterocycles. The van der Waals surface area contributed by atoms with Crippen molar-refractivity contribution in [1.29, 1.82) is 0 Å². The van der Waals surface area contributed by atoms with Crippen LogP contribution in [0.5, 0.6) is 0 Å². The van der Waals surface area contributed by atoms with Gasteiger partial charge in [-0.05, 0) is 0 Å². The zero-order valence-corrected chi connectivity index (χ0v) is 12.5. The number of ketones is 1. The molecule has 0 spiro atoms. The Labute approximate surface area is 101 Å². The Morgan fingerprint density at radius 3 is 1.93 bits per heavy atom. The van der Waals surface area contributed by atoms with E-state index in [1.807, 2.05) is 45.0 Å². The van der Waals surface area contributed by atoms with E-state index in [2.05, 4.69) is 0 Å². The molecule has 14 heavy (non-hydrogen) atoms. The first-order valence-corrected chi connectivity index (χ1v) is 5.86. The van der Waals surface area contributed by atoms with Gasteiger partial charge in [0.05, 0.1) is 0 Å². The second-order valence-corrected chi connectivity index (χ2v) is 5.99. The predicted molar refractivity (Wildman–Crippen MR) is 49.9 cm³/mol. The van der Waals surface area contributed by atoms with E-state index >= 15 is 0 Å². The summed E-state index contributed by atoms with van der Waals surface area (Å²) in [4.78, 5) is 11.8. The fourth-order valence-corrected chi connectivity index (χ4v) is 1.58. The van der Waals surface area contributed by atoms with Crippen molar-refractivity contribution < 1.29 is 35.5 Å². The minimum absolute atomic E-state index is 0. The van der Waals surface area contributed by atoms with Crippen LogP contribution >= 0.6 is 0 Å². The van der Waals surface area contributed by atoms with Crippen LogP contribution in [0.4, 0.5) is 0 Å². The average Bonchev–Trinajstić information content (AvgIpc) is 2.03. The van der Waals surface area contributed by atoms with Crippen molar-refractivity contribution in [2.45, 2.75) is 20.8 Å². The molecule has 72 valence electrons. The van der Waals surface area contributed by atoms with Gasteiger partial charge in [0.15, 0.2) is 0 Å². The topological polar surface area (TPSA) is 17.1 Å². The van der Waals surface area contributed by atoms with Crippen molar-refractivity contribution in [1.82, 2.24) is 0 Å². The maximum Gasteiger partial charge on any atom is -1.00 e. The van der Waals surface area contributed by atoms with Gasteiger partial charge < -0.3 is 12.4 Å². The molecule has 0 aliphatic carbocycles. The molecule has 1 nitrogen and oxygen atoms in total. The molecule has 1 aromatic carbocycles. The first-order valence-electron chi connectivity index (χ1n) is 4.38. The van der Waals surface area contributed by atoms with Crippen molar-refractivity contribution >= 4 is 9.94 Å². The fraction of sp³-hybridized carbons (Fsp3) is 0.364. The van der Waals surface area contributed by atoms with Gasteiger partial charge in [-0.2, -0.15) is 0 Å². The molecule has 0 aliphatic heterocycles. The molecule has 1 aromatic rings. The van der Waals surface area contributed by atoms with E-state index in [1.165, 1.54) is 4.16 Å². The number of carbonyl (C=O) groups is 1. The standard InChI is InChI=1S/C11H13O.ClH.Zn/c1-11(2,3)10(12)9-7-5-4-6-8-9;;/h5-8H,1-3H3;1H;/q;;+1/p-1. The monoisotopic (exact) mass is 260 g/mol. The molecule has 0 atom stereocenters. The molecule has 0 saturated carbocycles. The van der Waals surface area contributed by atoms with Gasteiger partial charge in [0, 0.05) is 0 Å². The third-order valence-corrected chi connectivity index (χ3v) is 2.89. The maximum atomic E-state index is 11.8. The maximum absolute atomic E-state index is 11.8. The van der Waals surface area contributed by atoms with Crippen LogP contribution in [0.2, 0.25) is 0 Å². The van der Waals surface area contributed by atoms with E-state index in [0.717, 1.165) is 23.9 Å². The van der Waals surface area contributed by atoms with Crippen LogP contribution in [-0.2, 0) is 18.3 Å². The van der Waals surface area contributed by atoms with E-state index in [9.17, 15) is 4.79 Å². The Balaban J connectivity index is 0.00000169. The average molecular weight is 262 g/mol. The third-order valence-electron chi connectivity index (χ3n) is 1.90. The number of benzene rings is 1. The number of carbonyl (C=O) groups excluding carboxylic acids is 1. The minimum Gasteiger partial charge on any atom is -1.00 e. The number of hydrogen-bond acceptors (Lipinski definition) is 1. The van der Waals surface area contributed by atoms with Crippen molar-refractivity contribution in [3.8, 4) is 0 Å². The van der Waals surface area contributed by atoms with Crippen LogP contribution in [0.1, 0.15) is 31.1 Å². The summed E-state index contributed by atoms with van der Waals surface area (Å²) in [7, 11) is 0. The Morgan fingerprint density at radius 1 is 1.14 bits per heavy atom. The molecule has 0 aromatic heterocycles. The molecule has 0 bridgehead atoms. The minimum atomic E-state index is -0.272. The van der Waals surface area contributed by atoms with Gasteiger partial charge in [-0.25, -0.2) is 0 Å². The molecular formula is C11H13ClOZn. The summed E-state index contributed by atoms with van der Waals surface area (Å²) in [5, 5.41) is 0. The number of Topliss-reactive ketones (excluding diaryl/α,β-unsaturated/α-hetero) is 1. The summed E-state index contributed by atoms with van der Waals surface area (Å²) in [6, 6.07) is 7.90. The summed E-state index contributed by atoms with van der Waals surface area (Å²) in [5.74, 6) is 0.215. The van der Waals surface area contributed by atoms with Gasteiger partial charge in [0.25, 0.3) is 0 Å². The van der Waals surface area contributed by atoms with E-state index in [1.54, 1.807) is 0 Å². The predicted octanol–water partition coefficient (Wildman–Crippen LogP) is -0.908. The van der Waals surface area contributed by atoms with Crippen LogP contribution in [-0.4, -0.2) is 5.78 Å². The largest absolute Gasteiger partial charge is 1.00 e. The Morgan fingerprint density at radius 2 is 1.57 bits per heavy atom. The van der Waals surface area contributed by atoms with Crippen molar-refractivity contribution in [2.75, 3.05) is 0 Å². The van der Waals surface area contributed by atoms with Gasteiger partial charge in [-0.1, -0.05) is 0 Å². The SMILES string of the molecule is CC(C)(C)C(=O)c1cc[c]([Zn+])cc1.[Cl-]. The molecule has 3 heteroatoms. The van der Waals surface area contributed by atoms with Gasteiger partial charge in [0.1, 0.15) is 0 Å². The van der Waals surface area contributed by atoms with Gasteiger partial charge in [-0.3, -0.25) is 0 Å². The van der Waals surface area contributed by atoms with E-state index in [-0.39, 0.29) is 23.6 Å². The normalized spacial score (nSPS) is 10.6. The summed E-state index contributed by atoms with van der Waals surface area (Å²) < 4.78 is 1.31. The Hall–Kier alpha value is -0.197. The quantitative estimate of drug-likeness (QED) is 0.473. The number of hydrogen-bond donors (Lipinski definition) is 0. The molecular weight excluding hydrogens is 249 g/mol. The molecule has 0 N–H and O–H groups in total. The summed E-state index contributed by atoms with van der Waals surface area (Å²) in [6.45, 7) is 5.84. The molecule has 0 fully saturated rings. The zero-order chi connectivity index (χ0) is 10.1. The molecule has 0 radical (unpaired) electrons. The van der Waals surface area contributed by atoms with E-state index in [0.29, 0.717) is 0 Å². The van der Waals surface area contributed by atoms with Crippen LogP contribution in [0, 0.1) is 5.41 Å². The number of rotatable bonds is 1. The van der Waals surface area contributed by atoms with Crippen LogP contribution in [0.3, 0.4) is 0 Å². The summed E-state index contributed by atoms with van der Waals surface area (Å²) in [5.41, 5.74) is 0.552. The second-order valence-electron chi connectivity index (χ2n) is 4.28. The van der Waals surface area contributed by atoms with Crippen molar-refractivity contribution in [3.63, 3.8) is 0 Å². The van der Waals surface area contributed by atoms with Gasteiger partial charge in [0.2, 0.25) is 0 Å². The first kappa shape index (κ1) is 13.8. The van der Waals surface area contributed by atoms with Crippen molar-refractivity contribution in [3.05, 3.63) is 29.8 Å². The first-order chi connectivity index (χ1) is 5.91. The summed E-state index contributed by atoms with van der Waals surface area (Å²) >= 11 is 1.14. The fourth-order valence-electron chi connectivity index (χ4n) is 1.09. The zero-order valence-electron chi connectivity index (χ0n) is 8.80. The van der Waals surface area contributed by atoms with Gasteiger partial charge in [-0.15, -0.1) is 0 Å². The van der Waals surface area contributed by atoms with Crippen LogP contribution in [0.15, 0.2) is 24.3 Å². The Bertz CT molecular complexity index is 311. The summed E-state index contributed by atoms with van der Waals surface area (Å²) in [6.07, 6.45) is 0. The van der Waals surface area contributed by atoms with Crippen LogP contribution < -0.4 is 16.6 Å². The third kappa shape index (κ3) is 3.51.